The molecule has 1 aromatic rings. The highest BCUT2D eigenvalue weighted by molar-refractivity contribution is 6.17. The van der Waals surface area contributed by atoms with Crippen LogP contribution in [0.4, 0.5) is 0 Å². The molecule has 0 amide bonds. The van der Waals surface area contributed by atoms with Crippen molar-refractivity contribution in [1.29, 1.82) is 0 Å². The summed E-state index contributed by atoms with van der Waals surface area (Å²) in [4.78, 5) is 0. The third-order valence-electron chi connectivity index (χ3n) is 3.98. The van der Waals surface area contributed by atoms with Crippen molar-refractivity contribution >= 4 is 11.6 Å². The zero-order valence-corrected chi connectivity index (χ0v) is 13.3. The lowest BCUT2D eigenvalue weighted by Crippen LogP contribution is -2.26. The number of aryl methyl sites for hydroxylation is 1. The van der Waals surface area contributed by atoms with Crippen molar-refractivity contribution in [3.05, 3.63) is 23.3 Å². The Morgan fingerprint density at radius 3 is 2.60 bits per heavy atom. The van der Waals surface area contributed by atoms with Crippen molar-refractivity contribution in [2.24, 2.45) is 0 Å². The summed E-state index contributed by atoms with van der Waals surface area (Å²) >= 11 is 5.86. The van der Waals surface area contributed by atoms with Crippen molar-refractivity contribution in [2.45, 2.75) is 38.2 Å². The highest BCUT2D eigenvalue weighted by atomic mass is 35.5. The molecule has 1 aromatic carbocycles. The topological polar surface area (TPSA) is 27.7 Å². The van der Waals surface area contributed by atoms with Gasteiger partial charge in [0.2, 0.25) is 0 Å². The van der Waals surface area contributed by atoms with E-state index in [-0.39, 0.29) is 5.60 Å². The van der Waals surface area contributed by atoms with E-state index in [1.165, 1.54) is 11.1 Å². The molecule has 1 heterocycles. The van der Waals surface area contributed by atoms with Crippen molar-refractivity contribution in [2.75, 3.05) is 26.7 Å². The molecule has 1 aliphatic rings. The lowest BCUT2D eigenvalue weighted by Gasteiger charge is -2.31. The van der Waals surface area contributed by atoms with Crippen LogP contribution in [0.25, 0.3) is 0 Å². The first-order valence-electron chi connectivity index (χ1n) is 7.10. The molecule has 0 aliphatic carbocycles. The number of hydrogen-bond donors (Lipinski definition) is 0. The summed E-state index contributed by atoms with van der Waals surface area (Å²) in [6.45, 7) is 2.92. The molecule has 0 spiro atoms. The molecule has 1 unspecified atom stereocenters. The minimum Gasteiger partial charge on any atom is -0.493 e. The van der Waals surface area contributed by atoms with Gasteiger partial charge in [0.15, 0.2) is 11.5 Å². The first-order valence-corrected chi connectivity index (χ1v) is 7.63. The van der Waals surface area contributed by atoms with E-state index in [2.05, 4.69) is 19.1 Å². The Morgan fingerprint density at radius 1 is 1.25 bits per heavy atom. The van der Waals surface area contributed by atoms with E-state index in [1.54, 1.807) is 14.2 Å². The lowest BCUT2D eigenvalue weighted by atomic mass is 9.86. The number of benzene rings is 1. The number of ether oxygens (including phenoxy) is 3. The van der Waals surface area contributed by atoms with E-state index >= 15 is 0 Å². The zero-order valence-electron chi connectivity index (χ0n) is 12.5. The monoisotopic (exact) mass is 298 g/mol. The Hall–Kier alpha value is -0.930. The van der Waals surface area contributed by atoms with Crippen LogP contribution in [0.2, 0.25) is 0 Å². The van der Waals surface area contributed by atoms with E-state index in [0.29, 0.717) is 5.88 Å². The Kier molecular flexibility index (Phi) is 5.17. The lowest BCUT2D eigenvalue weighted by molar-refractivity contribution is -0.0395. The zero-order chi connectivity index (χ0) is 14.6. The first kappa shape index (κ1) is 15.5. The van der Waals surface area contributed by atoms with E-state index in [1.807, 2.05) is 0 Å². The maximum Gasteiger partial charge on any atom is 0.161 e. The van der Waals surface area contributed by atoms with Crippen molar-refractivity contribution in [3.8, 4) is 11.5 Å². The van der Waals surface area contributed by atoms with Crippen LogP contribution >= 0.6 is 11.6 Å². The van der Waals surface area contributed by atoms with Crippen LogP contribution in [0.5, 0.6) is 11.5 Å². The molecule has 2 rings (SSSR count). The predicted octanol–water partition coefficient (Wildman–Crippen LogP) is 3.90. The average molecular weight is 299 g/mol. The molecule has 0 fully saturated rings. The molecule has 1 atom stereocenters. The van der Waals surface area contributed by atoms with Crippen molar-refractivity contribution < 1.29 is 14.2 Å². The molecule has 1 aliphatic heterocycles. The first-order chi connectivity index (χ1) is 9.64. The van der Waals surface area contributed by atoms with E-state index in [0.717, 1.165) is 43.8 Å². The van der Waals surface area contributed by atoms with Gasteiger partial charge in [0.1, 0.15) is 0 Å². The van der Waals surface area contributed by atoms with Crippen molar-refractivity contribution in [1.82, 2.24) is 0 Å². The average Bonchev–Trinajstić information content (AvgIpc) is 2.63. The molecule has 4 heteroatoms. The van der Waals surface area contributed by atoms with Gasteiger partial charge < -0.3 is 14.2 Å². The van der Waals surface area contributed by atoms with Crippen LogP contribution in [-0.2, 0) is 16.8 Å². The van der Waals surface area contributed by atoms with Gasteiger partial charge in [-0.3, -0.25) is 0 Å². The van der Waals surface area contributed by atoms with Crippen LogP contribution in [0.3, 0.4) is 0 Å². The molecule has 112 valence electrons. The number of halogens is 1. The van der Waals surface area contributed by atoms with Gasteiger partial charge in [-0.2, -0.15) is 0 Å². The van der Waals surface area contributed by atoms with Crippen LogP contribution in [-0.4, -0.2) is 26.7 Å². The smallest absolute Gasteiger partial charge is 0.161 e. The standard InChI is InChI=1S/C16H23ClO3/c1-16(7-5-8-17)13-11-15(19-3)14(18-2)10-12(13)6-4-9-20-16/h10-11H,4-9H2,1-3H3. The minimum atomic E-state index is -0.291. The van der Waals surface area contributed by atoms with Gasteiger partial charge in [-0.1, -0.05) is 0 Å². The van der Waals surface area contributed by atoms with Gasteiger partial charge in [0, 0.05) is 12.5 Å². The van der Waals surface area contributed by atoms with E-state index in [9.17, 15) is 0 Å². The van der Waals surface area contributed by atoms with Crippen LogP contribution < -0.4 is 9.47 Å². The largest absolute Gasteiger partial charge is 0.493 e. The molecule has 0 radical (unpaired) electrons. The highest BCUT2D eigenvalue weighted by Crippen LogP contribution is 2.41. The molecular weight excluding hydrogens is 276 g/mol. The molecule has 0 N–H and O–H groups in total. The third-order valence-corrected chi connectivity index (χ3v) is 4.24. The summed E-state index contributed by atoms with van der Waals surface area (Å²) in [5.74, 6) is 2.20. The maximum absolute atomic E-state index is 6.14. The second-order valence-electron chi connectivity index (χ2n) is 5.34. The third kappa shape index (κ3) is 3.04. The van der Waals surface area contributed by atoms with Gasteiger partial charge in [-0.15, -0.1) is 11.6 Å². The van der Waals surface area contributed by atoms with Crippen LogP contribution in [0.15, 0.2) is 12.1 Å². The number of methoxy groups -OCH3 is 2. The molecule has 3 nitrogen and oxygen atoms in total. The van der Waals surface area contributed by atoms with Gasteiger partial charge in [-0.25, -0.2) is 0 Å². The van der Waals surface area contributed by atoms with Crippen LogP contribution in [0.1, 0.15) is 37.3 Å². The summed E-state index contributed by atoms with van der Waals surface area (Å²) in [7, 11) is 3.34. The summed E-state index contributed by atoms with van der Waals surface area (Å²) in [5, 5.41) is 0. The fourth-order valence-corrected chi connectivity index (χ4v) is 3.00. The summed E-state index contributed by atoms with van der Waals surface area (Å²) in [6, 6.07) is 4.15. The molecular formula is C16H23ClO3. The fraction of sp³-hybridized carbons (Fsp3) is 0.625. The van der Waals surface area contributed by atoms with E-state index in [4.69, 9.17) is 25.8 Å². The number of alkyl halides is 1. The minimum absolute atomic E-state index is 0.291. The molecule has 0 aromatic heterocycles. The summed E-state index contributed by atoms with van der Waals surface area (Å²) < 4.78 is 17.0. The highest BCUT2D eigenvalue weighted by Gasteiger charge is 2.32. The number of rotatable bonds is 5. The van der Waals surface area contributed by atoms with Gasteiger partial charge in [-0.05, 0) is 55.9 Å². The normalized spacial score (nSPS) is 22.0. The Morgan fingerprint density at radius 2 is 1.95 bits per heavy atom. The number of hydrogen-bond acceptors (Lipinski definition) is 3. The van der Waals surface area contributed by atoms with E-state index < -0.39 is 0 Å². The fourth-order valence-electron chi connectivity index (χ4n) is 2.87. The molecule has 0 bridgehead atoms. The van der Waals surface area contributed by atoms with Crippen LogP contribution in [0, 0.1) is 0 Å². The molecule has 20 heavy (non-hydrogen) atoms. The van der Waals surface area contributed by atoms with Gasteiger partial charge in [0.25, 0.3) is 0 Å². The summed E-state index contributed by atoms with van der Waals surface area (Å²) in [5.41, 5.74) is 2.20. The van der Waals surface area contributed by atoms with Gasteiger partial charge >= 0.3 is 0 Å². The molecule has 0 saturated carbocycles. The Labute approximate surface area is 126 Å². The summed E-state index contributed by atoms with van der Waals surface area (Å²) in [6.07, 6.45) is 3.88. The quantitative estimate of drug-likeness (QED) is 0.772. The maximum atomic E-state index is 6.14. The second kappa shape index (κ2) is 6.68. The number of fused-ring (bicyclic) bond motifs is 1. The Balaban J connectivity index is 2.46. The predicted molar refractivity (Wildman–Crippen MR) is 81.1 cm³/mol. The SMILES string of the molecule is COc1cc2c(cc1OC)C(C)(CCCCl)OCCC2. The molecule has 0 saturated heterocycles. The van der Waals surface area contributed by atoms with Gasteiger partial charge in [0.05, 0.1) is 19.8 Å². The second-order valence-corrected chi connectivity index (χ2v) is 5.72. The van der Waals surface area contributed by atoms with Crippen molar-refractivity contribution in [3.63, 3.8) is 0 Å². The Bertz CT molecular complexity index is 461.